The van der Waals surface area contributed by atoms with Crippen molar-refractivity contribution in [3.05, 3.63) is 47.6 Å². The summed E-state index contributed by atoms with van der Waals surface area (Å²) in [5.41, 5.74) is 2.04. The molecule has 4 heterocycles. The van der Waals surface area contributed by atoms with Crippen LogP contribution in [0.5, 0.6) is 0 Å². The molecule has 0 N–H and O–H groups in total. The lowest BCUT2D eigenvalue weighted by Crippen LogP contribution is -2.58. The molecular weight excluding hydrogens is 310 g/mol. The first-order valence-electron chi connectivity index (χ1n) is 8.01. The molecule has 1 spiro atoms. The summed E-state index contributed by atoms with van der Waals surface area (Å²) in [5, 5.41) is 4.08. The Morgan fingerprint density at radius 2 is 2.30 bits per heavy atom. The fourth-order valence-electron chi connectivity index (χ4n) is 3.42. The first-order valence-corrected chi connectivity index (χ1v) is 8.99. The van der Waals surface area contributed by atoms with E-state index in [0.717, 1.165) is 49.0 Å². The molecule has 2 aromatic heterocycles. The number of thioether (sulfide) groups is 1. The molecule has 5 nitrogen and oxygen atoms in total. The molecule has 0 aromatic carbocycles. The van der Waals surface area contributed by atoms with E-state index in [1.54, 1.807) is 0 Å². The third-order valence-corrected chi connectivity index (χ3v) is 6.03. The molecular formula is C17H21N3O2S. The van der Waals surface area contributed by atoms with Gasteiger partial charge in [-0.15, -0.1) is 11.8 Å². The van der Waals surface area contributed by atoms with Gasteiger partial charge in [-0.2, -0.15) is 0 Å². The van der Waals surface area contributed by atoms with E-state index in [9.17, 15) is 0 Å². The molecule has 2 saturated heterocycles. The van der Waals surface area contributed by atoms with Gasteiger partial charge in [-0.25, -0.2) is 0 Å². The Labute approximate surface area is 140 Å². The van der Waals surface area contributed by atoms with E-state index in [4.69, 9.17) is 9.26 Å². The van der Waals surface area contributed by atoms with Crippen LogP contribution in [-0.4, -0.2) is 44.7 Å². The van der Waals surface area contributed by atoms with Crippen molar-refractivity contribution in [3.8, 4) is 0 Å². The summed E-state index contributed by atoms with van der Waals surface area (Å²) in [6.45, 7) is 5.67. The molecule has 6 heteroatoms. The first kappa shape index (κ1) is 15.2. The summed E-state index contributed by atoms with van der Waals surface area (Å²) >= 11 is 2.06. The Balaban J connectivity index is 1.23. The molecule has 122 valence electrons. The summed E-state index contributed by atoms with van der Waals surface area (Å²) in [7, 11) is 0. The number of aryl methyl sites for hydroxylation is 1. The van der Waals surface area contributed by atoms with Crippen molar-refractivity contribution < 1.29 is 9.26 Å². The van der Waals surface area contributed by atoms with Crippen molar-refractivity contribution in [2.45, 2.75) is 37.3 Å². The molecule has 2 aliphatic rings. The van der Waals surface area contributed by atoms with E-state index in [0.29, 0.717) is 17.5 Å². The predicted octanol–water partition coefficient (Wildman–Crippen LogP) is 2.65. The number of nitrogens with zero attached hydrogens (tertiary/aromatic N) is 3. The summed E-state index contributed by atoms with van der Waals surface area (Å²) in [6.07, 6.45) is 3.30. The minimum atomic E-state index is 0.346. The topological polar surface area (TPSA) is 51.4 Å². The number of likely N-dealkylation sites (tertiary alicyclic amines) is 1. The maximum atomic E-state index is 6.05. The lowest BCUT2D eigenvalue weighted by atomic mass is 9.93. The Bertz CT molecular complexity index is 655. The zero-order valence-corrected chi connectivity index (χ0v) is 14.1. The highest BCUT2D eigenvalue weighted by atomic mass is 32.2. The van der Waals surface area contributed by atoms with Crippen LogP contribution >= 0.6 is 11.8 Å². The summed E-state index contributed by atoms with van der Waals surface area (Å²) in [4.78, 5) is 6.75. The van der Waals surface area contributed by atoms with Crippen LogP contribution in [0.15, 0.2) is 35.0 Å². The molecule has 1 unspecified atom stereocenters. The second-order valence-electron chi connectivity index (χ2n) is 6.53. The standard InChI is InChI=1S/C17H21N3O2S/c1-13-6-15(19-22-13)8-20-11-17(12-20)7-16(10-23-17)21-9-14-4-2-3-5-18-14/h2-6,16H,7-12H2,1H3. The normalized spacial score (nSPS) is 23.3. The van der Waals surface area contributed by atoms with E-state index in [2.05, 4.69) is 26.8 Å². The average molecular weight is 331 g/mol. The van der Waals surface area contributed by atoms with Crippen molar-refractivity contribution in [2.75, 3.05) is 18.8 Å². The van der Waals surface area contributed by atoms with Gasteiger partial charge in [0, 0.05) is 42.4 Å². The van der Waals surface area contributed by atoms with E-state index in [1.807, 2.05) is 37.4 Å². The van der Waals surface area contributed by atoms with Crippen LogP contribution < -0.4 is 0 Å². The molecule has 0 amide bonds. The molecule has 0 saturated carbocycles. The minimum absolute atomic E-state index is 0.346. The average Bonchev–Trinajstić information content (AvgIpc) is 3.13. The Hall–Kier alpha value is -1.37. The minimum Gasteiger partial charge on any atom is -0.371 e. The van der Waals surface area contributed by atoms with Gasteiger partial charge in [-0.05, 0) is 25.5 Å². The second kappa shape index (κ2) is 6.26. The number of pyridine rings is 1. The van der Waals surface area contributed by atoms with Gasteiger partial charge >= 0.3 is 0 Å². The highest BCUT2D eigenvalue weighted by Gasteiger charge is 2.49. The molecule has 2 aromatic rings. The maximum Gasteiger partial charge on any atom is 0.133 e. The molecule has 0 radical (unpaired) electrons. The van der Waals surface area contributed by atoms with Crippen LogP contribution in [0.25, 0.3) is 0 Å². The van der Waals surface area contributed by atoms with Gasteiger partial charge in [0.05, 0.1) is 24.1 Å². The lowest BCUT2D eigenvalue weighted by Gasteiger charge is -2.47. The van der Waals surface area contributed by atoms with E-state index in [-0.39, 0.29) is 0 Å². The quantitative estimate of drug-likeness (QED) is 0.839. The largest absolute Gasteiger partial charge is 0.371 e. The number of hydrogen-bond acceptors (Lipinski definition) is 6. The van der Waals surface area contributed by atoms with Gasteiger partial charge in [0.1, 0.15) is 5.76 Å². The van der Waals surface area contributed by atoms with E-state index >= 15 is 0 Å². The van der Waals surface area contributed by atoms with Crippen molar-refractivity contribution in [2.24, 2.45) is 0 Å². The van der Waals surface area contributed by atoms with Gasteiger partial charge in [0.25, 0.3) is 0 Å². The van der Waals surface area contributed by atoms with Gasteiger partial charge in [-0.3, -0.25) is 9.88 Å². The van der Waals surface area contributed by atoms with E-state index < -0.39 is 0 Å². The van der Waals surface area contributed by atoms with Crippen LogP contribution in [0.2, 0.25) is 0 Å². The SMILES string of the molecule is Cc1cc(CN2CC3(CC(OCc4ccccn4)CS3)C2)no1. The van der Waals surface area contributed by atoms with Crippen molar-refractivity contribution >= 4 is 11.8 Å². The van der Waals surface area contributed by atoms with Crippen LogP contribution in [0.1, 0.15) is 23.6 Å². The number of hydrogen-bond donors (Lipinski definition) is 0. The zero-order valence-electron chi connectivity index (χ0n) is 13.3. The Morgan fingerprint density at radius 3 is 3.04 bits per heavy atom. The van der Waals surface area contributed by atoms with Crippen molar-refractivity contribution in [1.29, 1.82) is 0 Å². The summed E-state index contributed by atoms with van der Waals surface area (Å²) in [6, 6.07) is 7.98. The number of aromatic nitrogens is 2. The predicted molar refractivity (Wildman–Crippen MR) is 89.1 cm³/mol. The molecule has 4 rings (SSSR count). The third kappa shape index (κ3) is 3.44. The fraction of sp³-hybridized carbons (Fsp3) is 0.529. The lowest BCUT2D eigenvalue weighted by molar-refractivity contribution is 0.0246. The Morgan fingerprint density at radius 1 is 1.39 bits per heavy atom. The van der Waals surface area contributed by atoms with Crippen LogP contribution in [0.3, 0.4) is 0 Å². The van der Waals surface area contributed by atoms with E-state index in [1.165, 1.54) is 0 Å². The monoisotopic (exact) mass is 331 g/mol. The van der Waals surface area contributed by atoms with Crippen LogP contribution in [0.4, 0.5) is 0 Å². The second-order valence-corrected chi connectivity index (χ2v) is 8.01. The molecule has 2 fully saturated rings. The molecule has 0 aliphatic carbocycles. The number of ether oxygens (including phenoxy) is 1. The van der Waals surface area contributed by atoms with Gasteiger partial charge in [-0.1, -0.05) is 11.2 Å². The fourth-order valence-corrected chi connectivity index (χ4v) is 5.02. The van der Waals surface area contributed by atoms with Crippen LogP contribution in [-0.2, 0) is 17.9 Å². The van der Waals surface area contributed by atoms with Crippen molar-refractivity contribution in [1.82, 2.24) is 15.0 Å². The van der Waals surface area contributed by atoms with Gasteiger partial charge in [0.2, 0.25) is 0 Å². The molecule has 2 aliphatic heterocycles. The summed E-state index contributed by atoms with van der Waals surface area (Å²) in [5.74, 6) is 1.97. The molecule has 23 heavy (non-hydrogen) atoms. The van der Waals surface area contributed by atoms with Gasteiger partial charge in [0.15, 0.2) is 0 Å². The number of rotatable bonds is 5. The summed E-state index contributed by atoms with van der Waals surface area (Å²) < 4.78 is 11.6. The van der Waals surface area contributed by atoms with Crippen LogP contribution in [0, 0.1) is 6.92 Å². The van der Waals surface area contributed by atoms with Gasteiger partial charge < -0.3 is 9.26 Å². The zero-order chi connectivity index (χ0) is 15.7. The molecule has 1 atom stereocenters. The van der Waals surface area contributed by atoms with Crippen molar-refractivity contribution in [3.63, 3.8) is 0 Å². The first-order chi connectivity index (χ1) is 11.2. The Kier molecular flexibility index (Phi) is 4.13. The molecule has 0 bridgehead atoms. The maximum absolute atomic E-state index is 6.05. The highest BCUT2D eigenvalue weighted by molar-refractivity contribution is 8.01. The highest BCUT2D eigenvalue weighted by Crippen LogP contribution is 2.46. The third-order valence-electron chi connectivity index (χ3n) is 4.45. The smallest absolute Gasteiger partial charge is 0.133 e.